The highest BCUT2D eigenvalue weighted by Gasteiger charge is 2.35. The maximum absolute atomic E-state index is 13.3. The zero-order chi connectivity index (χ0) is 24.8. The standard InChI is InChI=1S/C27H29N3O3S/c1-16(2)30-23-12-7-18(13-21(23)17(3)15-27(30,4)5)14-22-24(31)28-26(34)29(25(22)32)19-8-10-20(33-6)11-9-19/h7-16H,1-6H3,(H,28,31,34)/b22-14+. The smallest absolute Gasteiger partial charge is 0.270 e. The van der Waals surface area contributed by atoms with Gasteiger partial charge in [0.05, 0.1) is 18.3 Å². The number of hydrogen-bond acceptors (Lipinski definition) is 5. The summed E-state index contributed by atoms with van der Waals surface area (Å²) in [5.41, 5.74) is 4.65. The second-order valence-corrected chi connectivity index (χ2v) is 9.76. The lowest BCUT2D eigenvalue weighted by molar-refractivity contribution is -0.122. The number of methoxy groups -OCH3 is 1. The van der Waals surface area contributed by atoms with Crippen molar-refractivity contribution in [1.29, 1.82) is 0 Å². The zero-order valence-corrected chi connectivity index (χ0v) is 21.1. The number of nitrogens with one attached hydrogen (secondary N) is 1. The zero-order valence-electron chi connectivity index (χ0n) is 20.3. The summed E-state index contributed by atoms with van der Waals surface area (Å²) in [5, 5.41) is 2.69. The maximum atomic E-state index is 13.3. The Morgan fingerprint density at radius 2 is 1.76 bits per heavy atom. The molecule has 2 amide bonds. The van der Waals surface area contributed by atoms with E-state index in [0.717, 1.165) is 22.4 Å². The van der Waals surface area contributed by atoms with Crippen molar-refractivity contribution in [3.05, 3.63) is 65.2 Å². The monoisotopic (exact) mass is 475 g/mol. The lowest BCUT2D eigenvalue weighted by Crippen LogP contribution is -2.54. The molecule has 0 atom stereocenters. The fourth-order valence-corrected chi connectivity index (χ4v) is 5.17. The highest BCUT2D eigenvalue weighted by Crippen LogP contribution is 2.40. The molecular weight excluding hydrogens is 446 g/mol. The number of carbonyl (C=O) groups excluding carboxylic acids is 2. The number of fused-ring (bicyclic) bond motifs is 1. The Morgan fingerprint density at radius 3 is 2.38 bits per heavy atom. The average molecular weight is 476 g/mol. The summed E-state index contributed by atoms with van der Waals surface area (Å²) in [4.78, 5) is 29.8. The molecule has 0 unspecified atom stereocenters. The van der Waals surface area contributed by atoms with Crippen LogP contribution in [0.15, 0.2) is 54.1 Å². The van der Waals surface area contributed by atoms with Gasteiger partial charge in [-0.15, -0.1) is 0 Å². The molecular formula is C27H29N3O3S. The van der Waals surface area contributed by atoms with Gasteiger partial charge in [-0.25, -0.2) is 0 Å². The van der Waals surface area contributed by atoms with Crippen molar-refractivity contribution in [3.8, 4) is 5.75 Å². The number of allylic oxidation sites excluding steroid dienone is 1. The molecule has 2 aliphatic heterocycles. The van der Waals surface area contributed by atoms with Gasteiger partial charge in [0.15, 0.2) is 5.11 Å². The third-order valence-electron chi connectivity index (χ3n) is 6.16. The summed E-state index contributed by atoms with van der Waals surface area (Å²) in [7, 11) is 1.57. The first-order valence-electron chi connectivity index (χ1n) is 11.2. The van der Waals surface area contributed by atoms with Crippen LogP contribution in [0.25, 0.3) is 11.6 Å². The van der Waals surface area contributed by atoms with Crippen LogP contribution < -0.4 is 19.9 Å². The fraction of sp³-hybridized carbons (Fsp3) is 0.296. The van der Waals surface area contributed by atoms with Crippen LogP contribution in [0.3, 0.4) is 0 Å². The first-order chi connectivity index (χ1) is 16.0. The number of ether oxygens (including phenoxy) is 1. The Hall–Kier alpha value is -3.45. The number of anilines is 2. The fourth-order valence-electron chi connectivity index (χ4n) is 4.89. The molecule has 34 heavy (non-hydrogen) atoms. The minimum Gasteiger partial charge on any atom is -0.497 e. The van der Waals surface area contributed by atoms with Gasteiger partial charge in [-0.2, -0.15) is 0 Å². The number of carbonyl (C=O) groups is 2. The highest BCUT2D eigenvalue weighted by molar-refractivity contribution is 7.80. The van der Waals surface area contributed by atoms with Crippen LogP contribution in [0.5, 0.6) is 5.75 Å². The van der Waals surface area contributed by atoms with Crippen molar-refractivity contribution in [2.45, 2.75) is 46.2 Å². The summed E-state index contributed by atoms with van der Waals surface area (Å²) in [6.45, 7) is 10.9. The normalized spacial score (nSPS) is 18.7. The topological polar surface area (TPSA) is 61.9 Å². The SMILES string of the molecule is COc1ccc(N2C(=O)/C(=C/c3ccc4c(c3)C(C)=CC(C)(C)N4C(C)C)C(=O)NC2=S)cc1. The Morgan fingerprint density at radius 1 is 1.09 bits per heavy atom. The first kappa shape index (κ1) is 23.7. The van der Waals surface area contributed by atoms with E-state index in [1.807, 2.05) is 12.1 Å². The summed E-state index contributed by atoms with van der Waals surface area (Å²) in [6.07, 6.45) is 3.89. The predicted octanol–water partition coefficient (Wildman–Crippen LogP) is 4.94. The van der Waals surface area contributed by atoms with E-state index in [1.54, 1.807) is 37.5 Å². The number of rotatable bonds is 4. The molecule has 0 aromatic heterocycles. The molecule has 0 saturated carbocycles. The molecule has 176 valence electrons. The van der Waals surface area contributed by atoms with Crippen LogP contribution >= 0.6 is 12.2 Å². The van der Waals surface area contributed by atoms with Gasteiger partial charge in [0.25, 0.3) is 11.8 Å². The number of nitrogens with zero attached hydrogens (tertiary/aromatic N) is 2. The Kier molecular flexibility index (Phi) is 6.08. The number of hydrogen-bond donors (Lipinski definition) is 1. The first-order valence-corrected chi connectivity index (χ1v) is 11.6. The van der Waals surface area contributed by atoms with Crippen LogP contribution in [0.2, 0.25) is 0 Å². The van der Waals surface area contributed by atoms with Gasteiger partial charge in [0.1, 0.15) is 11.3 Å². The lowest BCUT2D eigenvalue weighted by Gasteiger charge is -2.46. The lowest BCUT2D eigenvalue weighted by atomic mass is 9.86. The second kappa shape index (κ2) is 8.72. The number of benzene rings is 2. The van der Waals surface area contributed by atoms with Gasteiger partial charge >= 0.3 is 0 Å². The van der Waals surface area contributed by atoms with E-state index >= 15 is 0 Å². The molecule has 0 radical (unpaired) electrons. The van der Waals surface area contributed by atoms with Crippen molar-refractivity contribution in [2.75, 3.05) is 16.9 Å². The molecule has 2 aliphatic rings. The van der Waals surface area contributed by atoms with Crippen molar-refractivity contribution >= 4 is 52.2 Å². The van der Waals surface area contributed by atoms with Crippen LogP contribution in [0, 0.1) is 0 Å². The highest BCUT2D eigenvalue weighted by atomic mass is 32.1. The molecule has 4 rings (SSSR count). The van der Waals surface area contributed by atoms with E-state index in [-0.39, 0.29) is 16.2 Å². The van der Waals surface area contributed by atoms with Gasteiger partial charge in [0.2, 0.25) is 0 Å². The molecule has 2 heterocycles. The van der Waals surface area contributed by atoms with Gasteiger partial charge in [0, 0.05) is 17.3 Å². The molecule has 6 nitrogen and oxygen atoms in total. The van der Waals surface area contributed by atoms with Gasteiger partial charge in [-0.1, -0.05) is 12.1 Å². The van der Waals surface area contributed by atoms with Crippen LogP contribution in [0.1, 0.15) is 45.7 Å². The van der Waals surface area contributed by atoms with Crippen molar-refractivity contribution in [2.24, 2.45) is 0 Å². The predicted molar refractivity (Wildman–Crippen MR) is 141 cm³/mol. The Labute approximate surface area is 205 Å². The number of thiocarbonyl (C=S) groups is 1. The number of amides is 2. The van der Waals surface area contributed by atoms with E-state index in [0.29, 0.717) is 17.5 Å². The van der Waals surface area contributed by atoms with E-state index in [9.17, 15) is 9.59 Å². The quantitative estimate of drug-likeness (QED) is 0.386. The van der Waals surface area contributed by atoms with E-state index in [1.165, 1.54) is 4.90 Å². The second-order valence-electron chi connectivity index (χ2n) is 9.38. The summed E-state index contributed by atoms with van der Waals surface area (Å²) < 4.78 is 5.19. The minimum atomic E-state index is -0.505. The molecule has 0 aliphatic carbocycles. The van der Waals surface area contributed by atoms with Crippen molar-refractivity contribution in [3.63, 3.8) is 0 Å². The summed E-state index contributed by atoms with van der Waals surface area (Å²) >= 11 is 5.30. The van der Waals surface area contributed by atoms with Crippen LogP contribution in [-0.2, 0) is 9.59 Å². The largest absolute Gasteiger partial charge is 0.497 e. The van der Waals surface area contributed by atoms with Gasteiger partial charge in [-0.05, 0) is 100 Å². The molecule has 1 saturated heterocycles. The summed E-state index contributed by atoms with van der Waals surface area (Å²) in [6, 6.07) is 13.3. The van der Waals surface area contributed by atoms with E-state index in [2.05, 4.69) is 57.0 Å². The van der Waals surface area contributed by atoms with Crippen molar-refractivity contribution in [1.82, 2.24) is 5.32 Å². The Bertz CT molecular complexity index is 1240. The molecule has 1 fully saturated rings. The molecule has 0 bridgehead atoms. The van der Waals surface area contributed by atoms with E-state index < -0.39 is 11.8 Å². The van der Waals surface area contributed by atoms with Crippen LogP contribution in [-0.4, -0.2) is 35.6 Å². The molecule has 0 spiro atoms. The van der Waals surface area contributed by atoms with Gasteiger partial charge in [-0.3, -0.25) is 19.8 Å². The molecule has 2 aromatic carbocycles. The average Bonchev–Trinajstić information content (AvgIpc) is 2.76. The maximum Gasteiger partial charge on any atom is 0.270 e. The summed E-state index contributed by atoms with van der Waals surface area (Å²) in [5.74, 6) is -0.307. The Balaban J connectivity index is 1.73. The third kappa shape index (κ3) is 4.12. The minimum absolute atomic E-state index is 0.0304. The van der Waals surface area contributed by atoms with E-state index in [4.69, 9.17) is 17.0 Å². The third-order valence-corrected chi connectivity index (χ3v) is 6.44. The molecule has 7 heteroatoms. The van der Waals surface area contributed by atoms with Crippen molar-refractivity contribution < 1.29 is 14.3 Å². The molecule has 1 N–H and O–H groups in total. The molecule has 2 aromatic rings. The van der Waals surface area contributed by atoms with Gasteiger partial charge < -0.3 is 9.64 Å². The van der Waals surface area contributed by atoms with Crippen LogP contribution in [0.4, 0.5) is 11.4 Å².